The molecule has 1 amide bonds. The zero-order valence-electron chi connectivity index (χ0n) is 10.5. The summed E-state index contributed by atoms with van der Waals surface area (Å²) in [5.74, 6) is 0.0458. The second-order valence-corrected chi connectivity index (χ2v) is 5.09. The molecule has 2 aliphatic rings. The van der Waals surface area contributed by atoms with Gasteiger partial charge in [-0.15, -0.1) is 0 Å². The molecule has 2 rings (SSSR count). The van der Waals surface area contributed by atoms with Crippen LogP contribution in [0.25, 0.3) is 0 Å². The van der Waals surface area contributed by atoms with Crippen LogP contribution in [0.1, 0.15) is 26.2 Å². The van der Waals surface area contributed by atoms with E-state index in [9.17, 15) is 9.90 Å². The molecule has 0 radical (unpaired) electrons. The van der Waals surface area contributed by atoms with Gasteiger partial charge in [0.25, 0.3) is 0 Å². The lowest BCUT2D eigenvalue weighted by Gasteiger charge is -2.32. The number of nitrogens with zero attached hydrogens (tertiary/aromatic N) is 1. The lowest BCUT2D eigenvalue weighted by Crippen LogP contribution is -2.51. The van der Waals surface area contributed by atoms with Crippen molar-refractivity contribution >= 4 is 5.91 Å². The highest BCUT2D eigenvalue weighted by atomic mass is 16.3. The van der Waals surface area contributed by atoms with Crippen molar-refractivity contribution in [2.45, 2.75) is 44.4 Å². The summed E-state index contributed by atoms with van der Waals surface area (Å²) < 4.78 is 0. The Hall–Kier alpha value is -0.650. The summed E-state index contributed by atoms with van der Waals surface area (Å²) in [5, 5.41) is 15.5. The predicted molar refractivity (Wildman–Crippen MR) is 65.7 cm³/mol. The van der Waals surface area contributed by atoms with Crippen LogP contribution in [-0.4, -0.2) is 60.3 Å². The SMILES string of the molecule is CCN1CCC[C@H](NC(=O)[C@H]2C[C@@H](O)CN2)C1. The van der Waals surface area contributed by atoms with E-state index in [4.69, 9.17) is 0 Å². The van der Waals surface area contributed by atoms with Crippen LogP contribution >= 0.6 is 0 Å². The van der Waals surface area contributed by atoms with E-state index in [2.05, 4.69) is 22.5 Å². The lowest BCUT2D eigenvalue weighted by molar-refractivity contribution is -0.124. The van der Waals surface area contributed by atoms with E-state index in [1.54, 1.807) is 0 Å². The van der Waals surface area contributed by atoms with E-state index < -0.39 is 0 Å². The number of rotatable bonds is 3. The number of hydrogen-bond donors (Lipinski definition) is 3. The van der Waals surface area contributed by atoms with E-state index in [1.165, 1.54) is 0 Å². The Morgan fingerprint density at radius 1 is 1.59 bits per heavy atom. The number of likely N-dealkylation sites (N-methyl/N-ethyl adjacent to an activating group) is 1. The van der Waals surface area contributed by atoms with Gasteiger partial charge in [-0.2, -0.15) is 0 Å². The van der Waals surface area contributed by atoms with Crippen LogP contribution in [0.3, 0.4) is 0 Å². The van der Waals surface area contributed by atoms with Crippen LogP contribution in [-0.2, 0) is 4.79 Å². The summed E-state index contributed by atoms with van der Waals surface area (Å²) in [6.45, 7) is 5.83. The molecule has 2 saturated heterocycles. The zero-order chi connectivity index (χ0) is 12.3. The molecule has 5 nitrogen and oxygen atoms in total. The Morgan fingerprint density at radius 3 is 3.06 bits per heavy atom. The van der Waals surface area contributed by atoms with Crippen LogP contribution in [0.15, 0.2) is 0 Å². The minimum atomic E-state index is -0.371. The Bertz CT molecular complexity index is 272. The molecule has 2 fully saturated rings. The molecule has 98 valence electrons. The Kier molecular flexibility index (Phi) is 4.36. The molecule has 3 N–H and O–H groups in total. The quantitative estimate of drug-likeness (QED) is 0.612. The van der Waals surface area contributed by atoms with Gasteiger partial charge in [0.1, 0.15) is 0 Å². The first-order chi connectivity index (χ1) is 8.19. The first-order valence-electron chi connectivity index (χ1n) is 6.63. The topological polar surface area (TPSA) is 64.6 Å². The van der Waals surface area contributed by atoms with Gasteiger partial charge in [-0.3, -0.25) is 4.79 Å². The molecular formula is C12H23N3O2. The molecule has 0 saturated carbocycles. The number of β-amino-alcohol motifs (C(OH)–C–C–N with tert-alkyl or cyclic N) is 1. The van der Waals surface area contributed by atoms with Crippen molar-refractivity contribution in [1.29, 1.82) is 0 Å². The molecule has 2 heterocycles. The van der Waals surface area contributed by atoms with E-state index >= 15 is 0 Å². The Labute approximate surface area is 103 Å². The highest BCUT2D eigenvalue weighted by Crippen LogP contribution is 2.11. The van der Waals surface area contributed by atoms with Gasteiger partial charge in [0.2, 0.25) is 5.91 Å². The molecule has 2 aliphatic heterocycles. The number of carbonyl (C=O) groups is 1. The van der Waals surface area contributed by atoms with Gasteiger partial charge >= 0.3 is 0 Å². The molecule has 0 aromatic rings. The van der Waals surface area contributed by atoms with Crippen molar-refractivity contribution in [1.82, 2.24) is 15.5 Å². The number of likely N-dealkylation sites (tertiary alicyclic amines) is 1. The zero-order valence-corrected chi connectivity index (χ0v) is 10.5. The fourth-order valence-electron chi connectivity index (χ4n) is 2.68. The van der Waals surface area contributed by atoms with Crippen LogP contribution in [0, 0.1) is 0 Å². The minimum Gasteiger partial charge on any atom is -0.392 e. The number of aliphatic hydroxyl groups excluding tert-OH is 1. The standard InChI is InChI=1S/C12H23N3O2/c1-2-15-5-3-4-9(8-15)14-12(17)11-6-10(16)7-13-11/h9-11,13,16H,2-8H2,1H3,(H,14,17)/t9-,10+,11+/m0/s1. The average molecular weight is 241 g/mol. The molecule has 0 unspecified atom stereocenters. The molecule has 0 aliphatic carbocycles. The molecule has 0 spiro atoms. The summed E-state index contributed by atoms with van der Waals surface area (Å²) in [6.07, 6.45) is 2.39. The third-order valence-corrected chi connectivity index (χ3v) is 3.72. The van der Waals surface area contributed by atoms with E-state index in [-0.39, 0.29) is 24.1 Å². The van der Waals surface area contributed by atoms with Gasteiger partial charge in [-0.25, -0.2) is 0 Å². The molecule has 17 heavy (non-hydrogen) atoms. The second kappa shape index (κ2) is 5.80. The number of piperidine rings is 1. The minimum absolute atomic E-state index is 0.0458. The van der Waals surface area contributed by atoms with Crippen LogP contribution in [0.5, 0.6) is 0 Å². The third-order valence-electron chi connectivity index (χ3n) is 3.72. The maximum atomic E-state index is 12.0. The summed E-state index contributed by atoms with van der Waals surface area (Å²) in [5.41, 5.74) is 0. The molecule has 0 aromatic carbocycles. The van der Waals surface area contributed by atoms with Gasteiger partial charge in [-0.05, 0) is 32.4 Å². The molecule has 3 atom stereocenters. The maximum Gasteiger partial charge on any atom is 0.237 e. The highest BCUT2D eigenvalue weighted by molar-refractivity contribution is 5.82. The van der Waals surface area contributed by atoms with Gasteiger partial charge in [0, 0.05) is 19.1 Å². The van der Waals surface area contributed by atoms with Gasteiger partial charge in [0.15, 0.2) is 0 Å². The predicted octanol–water partition coefficient (Wildman–Crippen LogP) is -0.690. The van der Waals surface area contributed by atoms with E-state index in [0.29, 0.717) is 13.0 Å². The molecule has 0 bridgehead atoms. The fraction of sp³-hybridized carbons (Fsp3) is 0.917. The number of amides is 1. The Balaban J connectivity index is 1.78. The second-order valence-electron chi connectivity index (χ2n) is 5.09. The van der Waals surface area contributed by atoms with Gasteiger partial charge in [0.05, 0.1) is 12.1 Å². The summed E-state index contributed by atoms with van der Waals surface area (Å²) in [4.78, 5) is 14.3. The van der Waals surface area contributed by atoms with Crippen molar-refractivity contribution in [2.75, 3.05) is 26.2 Å². The van der Waals surface area contributed by atoms with E-state index in [1.807, 2.05) is 0 Å². The summed E-state index contributed by atoms with van der Waals surface area (Å²) in [6, 6.07) is 0.0674. The monoisotopic (exact) mass is 241 g/mol. The van der Waals surface area contributed by atoms with Crippen LogP contribution in [0.4, 0.5) is 0 Å². The van der Waals surface area contributed by atoms with Gasteiger partial charge in [-0.1, -0.05) is 6.92 Å². The smallest absolute Gasteiger partial charge is 0.237 e. The highest BCUT2D eigenvalue weighted by Gasteiger charge is 2.30. The number of hydrogen-bond acceptors (Lipinski definition) is 4. The summed E-state index contributed by atoms with van der Waals surface area (Å²) in [7, 11) is 0. The maximum absolute atomic E-state index is 12.0. The summed E-state index contributed by atoms with van der Waals surface area (Å²) >= 11 is 0. The third kappa shape index (κ3) is 3.40. The van der Waals surface area contributed by atoms with Crippen molar-refractivity contribution in [3.05, 3.63) is 0 Å². The first-order valence-corrected chi connectivity index (χ1v) is 6.63. The fourth-order valence-corrected chi connectivity index (χ4v) is 2.68. The number of carbonyl (C=O) groups excluding carboxylic acids is 1. The lowest BCUT2D eigenvalue weighted by atomic mass is 10.0. The van der Waals surface area contributed by atoms with E-state index in [0.717, 1.165) is 32.5 Å². The van der Waals surface area contributed by atoms with Crippen LogP contribution < -0.4 is 10.6 Å². The van der Waals surface area contributed by atoms with Crippen molar-refractivity contribution in [3.8, 4) is 0 Å². The largest absolute Gasteiger partial charge is 0.392 e. The molecule has 0 aromatic heterocycles. The van der Waals surface area contributed by atoms with Crippen molar-refractivity contribution < 1.29 is 9.90 Å². The normalized spacial score (nSPS) is 34.8. The Morgan fingerprint density at radius 2 is 2.41 bits per heavy atom. The number of nitrogens with one attached hydrogen (secondary N) is 2. The van der Waals surface area contributed by atoms with Crippen molar-refractivity contribution in [2.24, 2.45) is 0 Å². The first kappa shape index (κ1) is 12.8. The van der Waals surface area contributed by atoms with Crippen molar-refractivity contribution in [3.63, 3.8) is 0 Å². The molecular weight excluding hydrogens is 218 g/mol. The average Bonchev–Trinajstić information content (AvgIpc) is 2.76. The molecule has 5 heteroatoms. The van der Waals surface area contributed by atoms with Gasteiger partial charge < -0.3 is 20.6 Å². The van der Waals surface area contributed by atoms with Crippen LogP contribution in [0.2, 0.25) is 0 Å². The number of aliphatic hydroxyl groups is 1.